The number of likely N-dealkylation sites (tertiary alicyclic amines) is 1. The molecule has 6 heteroatoms. The average Bonchev–Trinajstić information content (AvgIpc) is 3.22. The maximum Gasteiger partial charge on any atom is 0.410 e. The minimum absolute atomic E-state index is 0.184. The number of anilines is 1. The second-order valence-corrected chi connectivity index (χ2v) is 6.13. The number of carbonyl (C=O) groups excluding carboxylic acids is 1. The maximum absolute atomic E-state index is 11.5. The normalized spacial score (nSPS) is 13.1. The van der Waals surface area contributed by atoms with Gasteiger partial charge in [-0.1, -0.05) is 44.2 Å². The first kappa shape index (κ1) is 19.7. The molecule has 1 aliphatic rings. The molecule has 1 aromatic carbocycles. The summed E-state index contributed by atoms with van der Waals surface area (Å²) in [6, 6.07) is 9.75. The van der Waals surface area contributed by atoms with Crippen molar-refractivity contribution in [2.75, 3.05) is 18.8 Å². The Morgan fingerprint density at radius 1 is 1.15 bits per heavy atom. The van der Waals surface area contributed by atoms with Gasteiger partial charge in [-0.15, -0.1) is 0 Å². The molecule has 0 aliphatic carbocycles. The van der Waals surface area contributed by atoms with E-state index in [1.165, 1.54) is 0 Å². The fourth-order valence-electron chi connectivity index (χ4n) is 2.62. The van der Waals surface area contributed by atoms with E-state index in [0.717, 1.165) is 55.7 Å². The average molecular weight is 356 g/mol. The standard InChI is InChI=1S/C12H15NO2.C8H13N3/c14-12(13-8-4-5-9-13)15-10-11-6-2-1-3-7-11;1-3-6-5-10-7(4-2)8(9)11-6/h1-3,6-7H,4-5,8-10H2;5H,3-4H2,1-2H3,(H2,9,11). The molecule has 0 radical (unpaired) electrons. The van der Waals surface area contributed by atoms with E-state index in [1.807, 2.05) is 44.2 Å². The predicted octanol–water partition coefficient (Wildman–Crippen LogP) is 3.60. The Labute approximate surface area is 155 Å². The molecule has 0 unspecified atom stereocenters. The Kier molecular flexibility index (Phi) is 7.86. The van der Waals surface area contributed by atoms with Gasteiger partial charge in [0.05, 0.1) is 11.4 Å². The summed E-state index contributed by atoms with van der Waals surface area (Å²) >= 11 is 0. The van der Waals surface area contributed by atoms with E-state index < -0.39 is 0 Å². The molecule has 0 saturated carbocycles. The van der Waals surface area contributed by atoms with Crippen molar-refractivity contribution in [3.63, 3.8) is 0 Å². The Balaban J connectivity index is 0.000000197. The highest BCUT2D eigenvalue weighted by Gasteiger charge is 2.18. The maximum atomic E-state index is 11.5. The molecule has 6 nitrogen and oxygen atoms in total. The van der Waals surface area contributed by atoms with Crippen molar-refractivity contribution in [1.29, 1.82) is 0 Å². The van der Waals surface area contributed by atoms with Crippen molar-refractivity contribution in [3.05, 3.63) is 53.5 Å². The first-order chi connectivity index (χ1) is 12.6. The van der Waals surface area contributed by atoms with Crippen LogP contribution in [0, 0.1) is 0 Å². The summed E-state index contributed by atoms with van der Waals surface area (Å²) in [5.74, 6) is 0.576. The highest BCUT2D eigenvalue weighted by molar-refractivity contribution is 5.67. The quantitative estimate of drug-likeness (QED) is 0.905. The largest absolute Gasteiger partial charge is 0.445 e. The van der Waals surface area contributed by atoms with Crippen LogP contribution in [0.5, 0.6) is 0 Å². The van der Waals surface area contributed by atoms with Gasteiger partial charge in [0, 0.05) is 19.3 Å². The number of hydrogen-bond donors (Lipinski definition) is 1. The number of carbonyl (C=O) groups is 1. The van der Waals surface area contributed by atoms with Crippen LogP contribution in [-0.2, 0) is 24.2 Å². The van der Waals surface area contributed by atoms with Crippen LogP contribution in [0.25, 0.3) is 0 Å². The third-order valence-corrected chi connectivity index (χ3v) is 4.20. The third kappa shape index (κ3) is 6.02. The van der Waals surface area contributed by atoms with Crippen LogP contribution < -0.4 is 5.73 Å². The van der Waals surface area contributed by atoms with Crippen LogP contribution in [0.2, 0.25) is 0 Å². The van der Waals surface area contributed by atoms with E-state index in [-0.39, 0.29) is 6.09 Å². The van der Waals surface area contributed by atoms with Gasteiger partial charge in [-0.3, -0.25) is 4.98 Å². The number of nitrogens with two attached hydrogens (primary N) is 1. The van der Waals surface area contributed by atoms with Crippen LogP contribution in [0.15, 0.2) is 36.5 Å². The lowest BCUT2D eigenvalue weighted by Crippen LogP contribution is -2.28. The monoisotopic (exact) mass is 356 g/mol. The summed E-state index contributed by atoms with van der Waals surface area (Å²) in [7, 11) is 0. The molecule has 3 rings (SSSR count). The SMILES string of the molecule is CCc1cnc(CC)c(N)n1.O=C(OCc1ccccc1)N1CCCC1. The van der Waals surface area contributed by atoms with Gasteiger partial charge in [0.2, 0.25) is 0 Å². The molecule has 1 aliphatic heterocycles. The number of rotatable bonds is 4. The molecule has 1 aromatic heterocycles. The lowest BCUT2D eigenvalue weighted by molar-refractivity contribution is 0.104. The number of aromatic nitrogens is 2. The third-order valence-electron chi connectivity index (χ3n) is 4.20. The van der Waals surface area contributed by atoms with Gasteiger partial charge in [0.1, 0.15) is 12.4 Å². The summed E-state index contributed by atoms with van der Waals surface area (Å²) in [6.07, 6.45) is 5.54. The van der Waals surface area contributed by atoms with E-state index in [2.05, 4.69) is 9.97 Å². The van der Waals surface area contributed by atoms with Crippen molar-refractivity contribution in [2.24, 2.45) is 0 Å². The van der Waals surface area contributed by atoms with Gasteiger partial charge >= 0.3 is 6.09 Å². The van der Waals surface area contributed by atoms with E-state index in [0.29, 0.717) is 12.4 Å². The zero-order chi connectivity index (χ0) is 18.8. The first-order valence-corrected chi connectivity index (χ1v) is 9.19. The topological polar surface area (TPSA) is 81.3 Å². The minimum atomic E-state index is -0.184. The van der Waals surface area contributed by atoms with Crippen LogP contribution in [0.3, 0.4) is 0 Å². The summed E-state index contributed by atoms with van der Waals surface area (Å²) in [5, 5.41) is 0. The predicted molar refractivity (Wildman–Crippen MR) is 103 cm³/mol. The molecule has 2 aromatic rings. The second kappa shape index (κ2) is 10.4. The molecule has 0 atom stereocenters. The molecule has 1 saturated heterocycles. The summed E-state index contributed by atoms with van der Waals surface area (Å²) in [6.45, 7) is 6.11. The Morgan fingerprint density at radius 2 is 1.85 bits per heavy atom. The van der Waals surface area contributed by atoms with Gasteiger partial charge in [0.25, 0.3) is 0 Å². The lowest BCUT2D eigenvalue weighted by atomic mass is 10.2. The van der Waals surface area contributed by atoms with Gasteiger partial charge in [-0.2, -0.15) is 0 Å². The van der Waals surface area contributed by atoms with Crippen LogP contribution >= 0.6 is 0 Å². The van der Waals surface area contributed by atoms with Crippen molar-refractivity contribution >= 4 is 11.9 Å². The zero-order valence-electron chi connectivity index (χ0n) is 15.6. The Hall–Kier alpha value is -2.63. The molecule has 2 heterocycles. The molecule has 1 amide bonds. The van der Waals surface area contributed by atoms with Gasteiger partial charge in [0.15, 0.2) is 0 Å². The van der Waals surface area contributed by atoms with Crippen molar-refractivity contribution in [1.82, 2.24) is 14.9 Å². The second-order valence-electron chi connectivity index (χ2n) is 6.13. The number of amides is 1. The van der Waals surface area contributed by atoms with Crippen molar-refractivity contribution in [3.8, 4) is 0 Å². The van der Waals surface area contributed by atoms with Crippen molar-refractivity contribution in [2.45, 2.75) is 46.1 Å². The van der Waals surface area contributed by atoms with Crippen molar-refractivity contribution < 1.29 is 9.53 Å². The van der Waals surface area contributed by atoms with Gasteiger partial charge in [-0.05, 0) is 31.2 Å². The summed E-state index contributed by atoms with van der Waals surface area (Å²) in [5.41, 5.74) is 8.52. The first-order valence-electron chi connectivity index (χ1n) is 9.19. The van der Waals surface area contributed by atoms with Gasteiger partial charge < -0.3 is 15.4 Å². The molecular formula is C20H28N4O2. The molecule has 140 valence electrons. The van der Waals surface area contributed by atoms with E-state index in [9.17, 15) is 4.79 Å². The molecular weight excluding hydrogens is 328 g/mol. The zero-order valence-corrected chi connectivity index (χ0v) is 15.6. The van der Waals surface area contributed by atoms with E-state index >= 15 is 0 Å². The Morgan fingerprint density at radius 3 is 2.42 bits per heavy atom. The smallest absolute Gasteiger partial charge is 0.410 e. The van der Waals surface area contributed by atoms with Crippen LogP contribution in [0.1, 0.15) is 43.6 Å². The highest BCUT2D eigenvalue weighted by atomic mass is 16.6. The van der Waals surface area contributed by atoms with E-state index in [1.54, 1.807) is 11.1 Å². The number of benzene rings is 1. The molecule has 1 fully saturated rings. The minimum Gasteiger partial charge on any atom is -0.445 e. The number of aryl methyl sites for hydroxylation is 2. The summed E-state index contributed by atoms with van der Waals surface area (Å²) in [4.78, 5) is 21.6. The fraction of sp³-hybridized carbons (Fsp3) is 0.450. The van der Waals surface area contributed by atoms with E-state index in [4.69, 9.17) is 10.5 Å². The molecule has 2 N–H and O–H groups in total. The Bertz CT molecular complexity index is 685. The van der Waals surface area contributed by atoms with Gasteiger partial charge in [-0.25, -0.2) is 9.78 Å². The number of nitrogen functional groups attached to an aromatic ring is 1. The van der Waals surface area contributed by atoms with Crippen LogP contribution in [-0.4, -0.2) is 34.1 Å². The summed E-state index contributed by atoms with van der Waals surface area (Å²) < 4.78 is 5.20. The fourth-order valence-corrected chi connectivity index (χ4v) is 2.62. The number of hydrogen-bond acceptors (Lipinski definition) is 5. The lowest BCUT2D eigenvalue weighted by Gasteiger charge is -2.14. The molecule has 26 heavy (non-hydrogen) atoms. The molecule has 0 spiro atoms. The number of nitrogens with zero attached hydrogens (tertiary/aromatic N) is 3. The van der Waals surface area contributed by atoms with Crippen LogP contribution in [0.4, 0.5) is 10.6 Å². The molecule has 0 bridgehead atoms. The number of ether oxygens (including phenoxy) is 1. The highest BCUT2D eigenvalue weighted by Crippen LogP contribution is 2.10.